The van der Waals surface area contributed by atoms with Gasteiger partial charge in [0.25, 0.3) is 0 Å². The molecule has 1 fully saturated rings. The van der Waals surface area contributed by atoms with Crippen LogP contribution in [-0.2, 0) is 4.74 Å². The van der Waals surface area contributed by atoms with Gasteiger partial charge in [0.05, 0.1) is 13.2 Å². The average molecular weight is 459 g/mol. The summed E-state index contributed by atoms with van der Waals surface area (Å²) in [6.45, 7) is 7.34. The Balaban J connectivity index is 0.00000225. The largest absolute Gasteiger partial charge is 0.493 e. The molecule has 0 spiro atoms. The zero-order valence-electron chi connectivity index (χ0n) is 15.2. The van der Waals surface area contributed by atoms with Crippen molar-refractivity contribution in [2.24, 2.45) is 10.9 Å². The lowest BCUT2D eigenvalue weighted by Crippen LogP contribution is -2.41. The molecular formula is C19H30IN3O2. The molecule has 1 aromatic rings. The second-order valence-corrected chi connectivity index (χ2v) is 6.68. The molecule has 25 heavy (non-hydrogen) atoms. The van der Waals surface area contributed by atoms with Crippen LogP contribution in [0.15, 0.2) is 29.3 Å². The summed E-state index contributed by atoms with van der Waals surface area (Å²) in [6, 6.07) is 8.34. The Kier molecular flexibility index (Phi) is 8.29. The molecule has 5 nitrogen and oxygen atoms in total. The van der Waals surface area contributed by atoms with Gasteiger partial charge in [-0.2, -0.15) is 0 Å². The van der Waals surface area contributed by atoms with E-state index in [2.05, 4.69) is 42.4 Å². The first-order valence-corrected chi connectivity index (χ1v) is 9.06. The summed E-state index contributed by atoms with van der Waals surface area (Å²) >= 11 is 0. The van der Waals surface area contributed by atoms with E-state index in [0.717, 1.165) is 64.0 Å². The van der Waals surface area contributed by atoms with Crippen molar-refractivity contribution in [2.75, 3.05) is 46.5 Å². The van der Waals surface area contributed by atoms with Crippen LogP contribution in [0, 0.1) is 5.92 Å². The van der Waals surface area contributed by atoms with Crippen molar-refractivity contribution in [3.8, 4) is 5.75 Å². The number of nitrogens with zero attached hydrogens (tertiary/aromatic N) is 2. The highest BCUT2D eigenvalue weighted by atomic mass is 127. The van der Waals surface area contributed by atoms with Crippen molar-refractivity contribution >= 4 is 29.9 Å². The normalized spacial score (nSPS) is 22.6. The van der Waals surface area contributed by atoms with Crippen LogP contribution in [0.5, 0.6) is 5.75 Å². The number of fused-ring (bicyclic) bond motifs is 1. The lowest BCUT2D eigenvalue weighted by molar-refractivity contribution is 0.181. The molecule has 0 saturated carbocycles. The van der Waals surface area contributed by atoms with Crippen LogP contribution < -0.4 is 10.1 Å². The summed E-state index contributed by atoms with van der Waals surface area (Å²) in [6.07, 6.45) is 2.18. The Labute approximate surface area is 168 Å². The molecule has 1 saturated heterocycles. The van der Waals surface area contributed by atoms with E-state index in [4.69, 9.17) is 14.5 Å². The summed E-state index contributed by atoms with van der Waals surface area (Å²) in [5.74, 6) is 3.06. The maximum atomic E-state index is 5.76. The first kappa shape index (κ1) is 20.3. The molecule has 0 amide bonds. The van der Waals surface area contributed by atoms with Gasteiger partial charge in [0, 0.05) is 45.1 Å². The summed E-state index contributed by atoms with van der Waals surface area (Å²) in [5.41, 5.74) is 1.29. The van der Waals surface area contributed by atoms with Gasteiger partial charge in [0.2, 0.25) is 0 Å². The van der Waals surface area contributed by atoms with Crippen LogP contribution in [0.25, 0.3) is 0 Å². The number of para-hydroxylation sites is 1. The summed E-state index contributed by atoms with van der Waals surface area (Å²) in [7, 11) is 2.12. The maximum Gasteiger partial charge on any atom is 0.193 e. The fraction of sp³-hybridized carbons (Fsp3) is 0.632. The number of aliphatic imine (C=N–C) groups is 1. The molecule has 1 aromatic carbocycles. The summed E-state index contributed by atoms with van der Waals surface area (Å²) in [5, 5.41) is 3.42. The third-order valence-electron chi connectivity index (χ3n) is 4.80. The predicted octanol–water partition coefficient (Wildman–Crippen LogP) is 3.10. The van der Waals surface area contributed by atoms with Gasteiger partial charge in [-0.3, -0.25) is 4.99 Å². The molecule has 2 atom stereocenters. The van der Waals surface area contributed by atoms with Crippen molar-refractivity contribution in [3.63, 3.8) is 0 Å². The molecule has 140 valence electrons. The van der Waals surface area contributed by atoms with E-state index in [1.807, 2.05) is 6.07 Å². The number of ether oxygens (including phenoxy) is 2. The van der Waals surface area contributed by atoms with Crippen LogP contribution in [-0.4, -0.2) is 57.4 Å². The maximum absolute atomic E-state index is 5.76. The fourth-order valence-electron chi connectivity index (χ4n) is 3.47. The molecule has 2 heterocycles. The van der Waals surface area contributed by atoms with Gasteiger partial charge in [-0.25, -0.2) is 0 Å². The van der Waals surface area contributed by atoms with Gasteiger partial charge >= 0.3 is 0 Å². The van der Waals surface area contributed by atoms with E-state index < -0.39 is 0 Å². The van der Waals surface area contributed by atoms with Crippen molar-refractivity contribution in [2.45, 2.75) is 25.7 Å². The molecule has 2 aliphatic rings. The van der Waals surface area contributed by atoms with Gasteiger partial charge in [0.15, 0.2) is 5.96 Å². The Bertz CT molecular complexity index is 561. The number of hydrogen-bond donors (Lipinski definition) is 1. The molecule has 2 aliphatic heterocycles. The lowest BCUT2D eigenvalue weighted by atomic mass is 9.93. The van der Waals surface area contributed by atoms with Crippen molar-refractivity contribution in [3.05, 3.63) is 29.8 Å². The molecule has 0 aliphatic carbocycles. The number of benzene rings is 1. The van der Waals surface area contributed by atoms with E-state index in [0.29, 0.717) is 11.8 Å². The lowest BCUT2D eigenvalue weighted by Gasteiger charge is -2.27. The molecule has 0 aromatic heterocycles. The van der Waals surface area contributed by atoms with E-state index in [-0.39, 0.29) is 24.0 Å². The Morgan fingerprint density at radius 3 is 2.88 bits per heavy atom. The molecule has 3 rings (SSSR count). The van der Waals surface area contributed by atoms with E-state index in [1.165, 1.54) is 5.56 Å². The third-order valence-corrected chi connectivity index (χ3v) is 4.80. The second kappa shape index (κ2) is 10.2. The van der Waals surface area contributed by atoms with Crippen LogP contribution in [0.2, 0.25) is 0 Å². The van der Waals surface area contributed by atoms with Gasteiger partial charge in [-0.15, -0.1) is 24.0 Å². The topological polar surface area (TPSA) is 46.1 Å². The molecule has 2 unspecified atom stereocenters. The Hall–Kier alpha value is -1.02. The smallest absolute Gasteiger partial charge is 0.193 e. The van der Waals surface area contributed by atoms with E-state index >= 15 is 0 Å². The van der Waals surface area contributed by atoms with Crippen LogP contribution in [0.3, 0.4) is 0 Å². The second-order valence-electron chi connectivity index (χ2n) is 6.68. The minimum Gasteiger partial charge on any atom is -0.493 e. The number of hydrogen-bond acceptors (Lipinski definition) is 3. The zero-order valence-corrected chi connectivity index (χ0v) is 17.6. The number of rotatable bonds is 5. The molecule has 0 bridgehead atoms. The monoisotopic (exact) mass is 459 g/mol. The quantitative estimate of drug-likeness (QED) is 0.418. The van der Waals surface area contributed by atoms with Gasteiger partial charge in [-0.05, 0) is 31.4 Å². The first-order chi connectivity index (χ1) is 11.8. The third kappa shape index (κ3) is 5.48. The van der Waals surface area contributed by atoms with Gasteiger partial charge in [0.1, 0.15) is 5.75 Å². The van der Waals surface area contributed by atoms with Crippen LogP contribution in [0.1, 0.15) is 31.2 Å². The molecule has 0 radical (unpaired) electrons. The molecule has 6 heteroatoms. The zero-order chi connectivity index (χ0) is 16.8. The van der Waals surface area contributed by atoms with Crippen molar-refractivity contribution < 1.29 is 9.47 Å². The SMILES string of the molecule is CCNC(=NCC1CCOc2ccccc21)N(C)CC1CCOC1.I. The fourth-order valence-corrected chi connectivity index (χ4v) is 3.47. The summed E-state index contributed by atoms with van der Waals surface area (Å²) < 4.78 is 11.2. The standard InChI is InChI=1S/C19H29N3O2.HI/c1-3-20-19(22(2)13-15-8-10-23-14-15)21-12-16-9-11-24-18-7-5-4-6-17(16)18;/h4-7,15-16H,3,8-14H2,1-2H3,(H,20,21);1H. The minimum atomic E-state index is 0. The van der Waals surface area contributed by atoms with E-state index in [9.17, 15) is 0 Å². The van der Waals surface area contributed by atoms with Crippen LogP contribution in [0.4, 0.5) is 0 Å². The highest BCUT2D eigenvalue weighted by molar-refractivity contribution is 14.0. The average Bonchev–Trinajstić information content (AvgIpc) is 3.11. The molecular weight excluding hydrogens is 429 g/mol. The Morgan fingerprint density at radius 1 is 1.28 bits per heavy atom. The van der Waals surface area contributed by atoms with Crippen molar-refractivity contribution in [1.29, 1.82) is 0 Å². The molecule has 1 N–H and O–H groups in total. The van der Waals surface area contributed by atoms with Gasteiger partial charge in [-0.1, -0.05) is 18.2 Å². The van der Waals surface area contributed by atoms with Gasteiger partial charge < -0.3 is 19.7 Å². The number of guanidine groups is 1. The van der Waals surface area contributed by atoms with E-state index in [1.54, 1.807) is 0 Å². The minimum absolute atomic E-state index is 0. The highest BCUT2D eigenvalue weighted by Crippen LogP contribution is 2.33. The first-order valence-electron chi connectivity index (χ1n) is 9.06. The number of halogens is 1. The highest BCUT2D eigenvalue weighted by Gasteiger charge is 2.22. The number of nitrogens with one attached hydrogen (secondary N) is 1. The van der Waals surface area contributed by atoms with Crippen molar-refractivity contribution in [1.82, 2.24) is 10.2 Å². The predicted molar refractivity (Wildman–Crippen MR) is 112 cm³/mol. The van der Waals surface area contributed by atoms with Crippen LogP contribution >= 0.6 is 24.0 Å². The Morgan fingerprint density at radius 2 is 2.12 bits per heavy atom. The summed E-state index contributed by atoms with van der Waals surface area (Å²) in [4.78, 5) is 7.16.